The Kier molecular flexibility index (Phi) is 4.41. The normalized spacial score (nSPS) is 28.4. The highest BCUT2D eigenvalue weighted by Crippen LogP contribution is 2.44. The second-order valence-electron chi connectivity index (χ2n) is 5.79. The fraction of sp³-hybridized carbons (Fsp3) is 0.786. The zero-order valence-electron chi connectivity index (χ0n) is 11.8. The average molecular weight is 268 g/mol. The Hall–Kier alpha value is -0.450. The molecule has 0 saturated heterocycles. The molecule has 0 spiro atoms. The zero-order chi connectivity index (χ0) is 13.2. The third-order valence-corrected chi connectivity index (χ3v) is 4.96. The van der Waals surface area contributed by atoms with E-state index in [4.69, 9.17) is 4.74 Å². The van der Waals surface area contributed by atoms with Gasteiger partial charge in [0, 0.05) is 23.0 Å². The number of rotatable bonds is 5. The van der Waals surface area contributed by atoms with Crippen molar-refractivity contribution in [1.29, 1.82) is 0 Å². The molecule has 0 radical (unpaired) electrons. The van der Waals surface area contributed by atoms with Crippen molar-refractivity contribution in [3.63, 3.8) is 0 Å². The van der Waals surface area contributed by atoms with Crippen LogP contribution in [0.15, 0.2) is 11.6 Å². The van der Waals surface area contributed by atoms with Crippen molar-refractivity contribution in [3.05, 3.63) is 16.6 Å². The van der Waals surface area contributed by atoms with E-state index in [1.807, 2.05) is 6.20 Å². The SMILES string of the molecule is CC(C)OCC1(N(C)C)CCC(c2nccs2)C1. The van der Waals surface area contributed by atoms with E-state index in [1.165, 1.54) is 24.3 Å². The van der Waals surface area contributed by atoms with Crippen LogP contribution < -0.4 is 0 Å². The molecule has 102 valence electrons. The minimum absolute atomic E-state index is 0.195. The molecule has 0 bridgehead atoms. The van der Waals surface area contributed by atoms with Gasteiger partial charge in [-0.15, -0.1) is 11.3 Å². The summed E-state index contributed by atoms with van der Waals surface area (Å²) in [5, 5.41) is 3.37. The molecular formula is C14H24N2OS. The van der Waals surface area contributed by atoms with Crippen molar-refractivity contribution in [2.75, 3.05) is 20.7 Å². The van der Waals surface area contributed by atoms with Crippen LogP contribution in [0.4, 0.5) is 0 Å². The van der Waals surface area contributed by atoms with Crippen LogP contribution in [0, 0.1) is 0 Å². The lowest BCUT2D eigenvalue weighted by atomic mass is 9.95. The molecule has 1 aliphatic carbocycles. The lowest BCUT2D eigenvalue weighted by Crippen LogP contribution is -2.46. The monoisotopic (exact) mass is 268 g/mol. The molecule has 0 aliphatic heterocycles. The Bertz CT molecular complexity index is 364. The highest BCUT2D eigenvalue weighted by atomic mass is 32.1. The number of aromatic nitrogens is 1. The molecule has 0 aromatic carbocycles. The Balaban J connectivity index is 2.05. The molecular weight excluding hydrogens is 244 g/mol. The molecule has 1 aromatic heterocycles. The van der Waals surface area contributed by atoms with Crippen LogP contribution in [-0.2, 0) is 4.74 Å². The first-order valence-corrected chi connectivity index (χ1v) is 7.60. The molecule has 4 heteroatoms. The Morgan fingerprint density at radius 3 is 2.89 bits per heavy atom. The molecule has 1 aliphatic rings. The Morgan fingerprint density at radius 2 is 2.33 bits per heavy atom. The second-order valence-corrected chi connectivity index (χ2v) is 6.71. The number of likely N-dealkylation sites (N-methyl/N-ethyl adjacent to an activating group) is 1. The second kappa shape index (κ2) is 5.68. The maximum absolute atomic E-state index is 5.90. The molecule has 18 heavy (non-hydrogen) atoms. The maximum Gasteiger partial charge on any atom is 0.0956 e. The Morgan fingerprint density at radius 1 is 1.56 bits per heavy atom. The van der Waals surface area contributed by atoms with Crippen LogP contribution in [-0.4, -0.2) is 42.2 Å². The first-order chi connectivity index (χ1) is 8.53. The van der Waals surface area contributed by atoms with Crippen LogP contribution in [0.5, 0.6) is 0 Å². The smallest absolute Gasteiger partial charge is 0.0956 e. The van der Waals surface area contributed by atoms with E-state index in [2.05, 4.69) is 43.2 Å². The van der Waals surface area contributed by atoms with Gasteiger partial charge in [-0.05, 0) is 47.2 Å². The van der Waals surface area contributed by atoms with E-state index in [9.17, 15) is 0 Å². The molecule has 0 N–H and O–H groups in total. The van der Waals surface area contributed by atoms with E-state index in [1.54, 1.807) is 11.3 Å². The quantitative estimate of drug-likeness (QED) is 0.820. The Labute approximate surface area is 114 Å². The van der Waals surface area contributed by atoms with Crippen molar-refractivity contribution >= 4 is 11.3 Å². The summed E-state index contributed by atoms with van der Waals surface area (Å²) in [4.78, 5) is 6.83. The minimum atomic E-state index is 0.195. The van der Waals surface area contributed by atoms with E-state index in [0.717, 1.165) is 6.61 Å². The largest absolute Gasteiger partial charge is 0.377 e. The van der Waals surface area contributed by atoms with Gasteiger partial charge in [0.1, 0.15) is 0 Å². The summed E-state index contributed by atoms with van der Waals surface area (Å²) in [6.45, 7) is 5.05. The van der Waals surface area contributed by atoms with Gasteiger partial charge in [-0.2, -0.15) is 0 Å². The van der Waals surface area contributed by atoms with Crippen molar-refractivity contribution in [2.24, 2.45) is 0 Å². The van der Waals surface area contributed by atoms with Crippen LogP contribution in [0.2, 0.25) is 0 Å². The number of thiazole rings is 1. The lowest BCUT2D eigenvalue weighted by molar-refractivity contribution is -0.0104. The topological polar surface area (TPSA) is 25.4 Å². The fourth-order valence-corrected chi connectivity index (χ4v) is 3.52. The summed E-state index contributed by atoms with van der Waals surface area (Å²) < 4.78 is 5.90. The minimum Gasteiger partial charge on any atom is -0.377 e. The third kappa shape index (κ3) is 2.92. The maximum atomic E-state index is 5.90. The van der Waals surface area contributed by atoms with E-state index in [0.29, 0.717) is 12.0 Å². The van der Waals surface area contributed by atoms with Gasteiger partial charge < -0.3 is 9.64 Å². The predicted molar refractivity (Wildman–Crippen MR) is 76.2 cm³/mol. The molecule has 3 nitrogen and oxygen atoms in total. The van der Waals surface area contributed by atoms with Gasteiger partial charge in [0.15, 0.2) is 0 Å². The van der Waals surface area contributed by atoms with Gasteiger partial charge in [0.05, 0.1) is 17.7 Å². The highest BCUT2D eigenvalue weighted by molar-refractivity contribution is 7.09. The van der Waals surface area contributed by atoms with Crippen molar-refractivity contribution < 1.29 is 4.74 Å². The van der Waals surface area contributed by atoms with E-state index >= 15 is 0 Å². The predicted octanol–water partition coefficient (Wildman–Crippen LogP) is 3.14. The lowest BCUT2D eigenvalue weighted by Gasteiger charge is -2.37. The summed E-state index contributed by atoms with van der Waals surface area (Å²) in [7, 11) is 4.35. The van der Waals surface area contributed by atoms with Gasteiger partial charge in [0.25, 0.3) is 0 Å². The molecule has 1 fully saturated rings. The van der Waals surface area contributed by atoms with Gasteiger partial charge >= 0.3 is 0 Å². The molecule has 1 heterocycles. The van der Waals surface area contributed by atoms with E-state index in [-0.39, 0.29) is 5.54 Å². The van der Waals surface area contributed by atoms with Crippen LogP contribution >= 0.6 is 11.3 Å². The van der Waals surface area contributed by atoms with Crippen LogP contribution in [0.1, 0.15) is 44.0 Å². The summed E-state index contributed by atoms with van der Waals surface area (Å²) in [6, 6.07) is 0. The van der Waals surface area contributed by atoms with Gasteiger partial charge in [-0.25, -0.2) is 4.98 Å². The summed E-state index contributed by atoms with van der Waals surface area (Å²) in [5.41, 5.74) is 0.195. The van der Waals surface area contributed by atoms with Gasteiger partial charge in [0.2, 0.25) is 0 Å². The third-order valence-electron chi connectivity index (χ3n) is 4.02. The van der Waals surface area contributed by atoms with Crippen molar-refractivity contribution in [2.45, 2.75) is 50.7 Å². The first kappa shape index (κ1) is 14.0. The van der Waals surface area contributed by atoms with Crippen molar-refractivity contribution in [1.82, 2.24) is 9.88 Å². The van der Waals surface area contributed by atoms with Crippen molar-refractivity contribution in [3.8, 4) is 0 Å². The number of hydrogen-bond donors (Lipinski definition) is 0. The van der Waals surface area contributed by atoms with Crippen LogP contribution in [0.3, 0.4) is 0 Å². The molecule has 2 unspecified atom stereocenters. The van der Waals surface area contributed by atoms with E-state index < -0.39 is 0 Å². The standard InChI is InChI=1S/C14H24N2OS/c1-11(2)17-10-14(16(3)4)6-5-12(9-14)13-15-7-8-18-13/h7-8,11-12H,5-6,9-10H2,1-4H3. The zero-order valence-corrected chi connectivity index (χ0v) is 12.7. The molecule has 1 aromatic rings. The average Bonchev–Trinajstić information content (AvgIpc) is 2.96. The molecule has 2 rings (SSSR count). The number of ether oxygens (including phenoxy) is 1. The highest BCUT2D eigenvalue weighted by Gasteiger charge is 2.42. The number of hydrogen-bond acceptors (Lipinski definition) is 4. The molecule has 0 amide bonds. The van der Waals surface area contributed by atoms with Gasteiger partial charge in [-0.3, -0.25) is 0 Å². The molecule has 2 atom stereocenters. The summed E-state index contributed by atoms with van der Waals surface area (Å²) in [6.07, 6.45) is 5.82. The number of nitrogens with zero attached hydrogens (tertiary/aromatic N) is 2. The fourth-order valence-electron chi connectivity index (χ4n) is 2.74. The van der Waals surface area contributed by atoms with Gasteiger partial charge in [-0.1, -0.05) is 0 Å². The molecule has 1 saturated carbocycles. The first-order valence-electron chi connectivity index (χ1n) is 6.72. The summed E-state index contributed by atoms with van der Waals surface area (Å²) in [5.74, 6) is 0.614. The summed E-state index contributed by atoms with van der Waals surface area (Å²) >= 11 is 1.79. The van der Waals surface area contributed by atoms with Crippen LogP contribution in [0.25, 0.3) is 0 Å².